The summed E-state index contributed by atoms with van der Waals surface area (Å²) in [7, 11) is 0. The average Bonchev–Trinajstić information content (AvgIpc) is 3.39. The van der Waals surface area contributed by atoms with Gasteiger partial charge in [0, 0.05) is 23.3 Å². The van der Waals surface area contributed by atoms with Gasteiger partial charge in [0.2, 0.25) is 5.76 Å². The Morgan fingerprint density at radius 2 is 2.19 bits per heavy atom. The van der Waals surface area contributed by atoms with Crippen molar-refractivity contribution in [1.82, 2.24) is 14.8 Å². The lowest BCUT2D eigenvalue weighted by Crippen LogP contribution is -2.02. The summed E-state index contributed by atoms with van der Waals surface area (Å²) in [4.78, 5) is 11.0. The SMILES string of the molecule is O=C(O)c1occc1CSc1nnc(C2CC2)n1C1CC1. The number of hydrogen-bond donors (Lipinski definition) is 1. The number of nitrogens with zero attached hydrogens (tertiary/aromatic N) is 3. The highest BCUT2D eigenvalue weighted by Crippen LogP contribution is 2.46. The van der Waals surface area contributed by atoms with Crippen LogP contribution in [-0.2, 0) is 5.75 Å². The largest absolute Gasteiger partial charge is 0.475 e. The molecule has 6 nitrogen and oxygen atoms in total. The van der Waals surface area contributed by atoms with Crippen molar-refractivity contribution in [2.45, 2.75) is 48.6 Å². The number of carboxylic acid groups (broad SMARTS) is 1. The number of aromatic nitrogens is 3. The number of thioether (sulfide) groups is 1. The van der Waals surface area contributed by atoms with Gasteiger partial charge < -0.3 is 14.1 Å². The number of hydrogen-bond acceptors (Lipinski definition) is 5. The van der Waals surface area contributed by atoms with Gasteiger partial charge in [-0.3, -0.25) is 0 Å². The molecule has 0 aromatic carbocycles. The van der Waals surface area contributed by atoms with E-state index in [-0.39, 0.29) is 5.76 Å². The second-order valence-electron chi connectivity index (χ2n) is 5.59. The first kappa shape index (κ1) is 12.9. The smallest absolute Gasteiger partial charge is 0.372 e. The van der Waals surface area contributed by atoms with Crippen LogP contribution in [0.4, 0.5) is 0 Å². The molecule has 1 N–H and O–H groups in total. The van der Waals surface area contributed by atoms with Crippen molar-refractivity contribution < 1.29 is 14.3 Å². The predicted molar refractivity (Wildman–Crippen MR) is 75.5 cm³/mol. The van der Waals surface area contributed by atoms with E-state index in [1.165, 1.54) is 43.7 Å². The number of carboxylic acids is 1. The van der Waals surface area contributed by atoms with E-state index in [2.05, 4.69) is 14.8 Å². The normalized spacial score (nSPS) is 18.1. The molecule has 0 spiro atoms. The Morgan fingerprint density at radius 1 is 1.38 bits per heavy atom. The zero-order valence-corrected chi connectivity index (χ0v) is 12.2. The first-order valence-electron chi connectivity index (χ1n) is 7.11. The lowest BCUT2D eigenvalue weighted by molar-refractivity contribution is 0.0661. The number of rotatable bonds is 6. The van der Waals surface area contributed by atoms with Crippen LogP contribution in [0.15, 0.2) is 21.9 Å². The Bertz CT molecular complexity index is 685. The minimum Gasteiger partial charge on any atom is -0.475 e. The zero-order chi connectivity index (χ0) is 14.4. The summed E-state index contributed by atoms with van der Waals surface area (Å²) in [5.41, 5.74) is 0.686. The second kappa shape index (κ2) is 4.91. The molecule has 21 heavy (non-hydrogen) atoms. The average molecular weight is 305 g/mol. The molecule has 0 unspecified atom stereocenters. The van der Waals surface area contributed by atoms with Crippen molar-refractivity contribution in [1.29, 1.82) is 0 Å². The lowest BCUT2D eigenvalue weighted by atomic mass is 10.3. The molecule has 2 fully saturated rings. The van der Waals surface area contributed by atoms with Crippen LogP contribution in [0, 0.1) is 0 Å². The van der Waals surface area contributed by atoms with Crippen molar-refractivity contribution in [2.24, 2.45) is 0 Å². The Hall–Kier alpha value is -1.76. The standard InChI is InChI=1S/C14H15N3O3S/c18-13(19)11-9(5-6-20-11)7-21-14-16-15-12(8-1-2-8)17(14)10-3-4-10/h5-6,8,10H,1-4,7H2,(H,18,19). The highest BCUT2D eigenvalue weighted by Gasteiger charge is 2.36. The van der Waals surface area contributed by atoms with Crippen LogP contribution in [0.2, 0.25) is 0 Å². The Labute approximate surface area is 125 Å². The van der Waals surface area contributed by atoms with Gasteiger partial charge in [-0.25, -0.2) is 4.79 Å². The molecule has 0 atom stereocenters. The highest BCUT2D eigenvalue weighted by atomic mass is 32.2. The molecule has 7 heteroatoms. The molecule has 0 saturated heterocycles. The molecule has 110 valence electrons. The summed E-state index contributed by atoms with van der Waals surface area (Å²) in [6, 6.07) is 2.25. The maximum atomic E-state index is 11.0. The van der Waals surface area contributed by atoms with Crippen LogP contribution >= 0.6 is 11.8 Å². The minimum absolute atomic E-state index is 0.0161. The third kappa shape index (κ3) is 2.46. The van der Waals surface area contributed by atoms with Gasteiger partial charge in [-0.05, 0) is 31.7 Å². The van der Waals surface area contributed by atoms with E-state index in [0.29, 0.717) is 23.3 Å². The van der Waals surface area contributed by atoms with Crippen LogP contribution in [0.3, 0.4) is 0 Å². The van der Waals surface area contributed by atoms with Crippen molar-refractivity contribution in [3.05, 3.63) is 29.5 Å². The molecule has 0 amide bonds. The minimum atomic E-state index is -1.03. The monoisotopic (exact) mass is 305 g/mol. The molecular formula is C14H15N3O3S. The van der Waals surface area contributed by atoms with E-state index >= 15 is 0 Å². The van der Waals surface area contributed by atoms with Gasteiger partial charge in [-0.15, -0.1) is 10.2 Å². The maximum Gasteiger partial charge on any atom is 0.372 e. The third-order valence-electron chi connectivity index (χ3n) is 3.84. The first-order chi connectivity index (χ1) is 10.2. The first-order valence-corrected chi connectivity index (χ1v) is 8.10. The van der Waals surface area contributed by atoms with Crippen LogP contribution in [0.25, 0.3) is 0 Å². The van der Waals surface area contributed by atoms with E-state index in [0.717, 1.165) is 11.0 Å². The molecule has 2 aliphatic carbocycles. The number of aromatic carboxylic acids is 1. The maximum absolute atomic E-state index is 11.0. The summed E-state index contributed by atoms with van der Waals surface area (Å²) < 4.78 is 7.27. The Kier molecular flexibility index (Phi) is 3.02. The fourth-order valence-electron chi connectivity index (χ4n) is 2.46. The molecule has 2 aliphatic rings. The molecule has 4 rings (SSSR count). The highest BCUT2D eigenvalue weighted by molar-refractivity contribution is 7.98. The molecule has 2 saturated carbocycles. The second-order valence-corrected chi connectivity index (χ2v) is 6.53. The van der Waals surface area contributed by atoms with Crippen molar-refractivity contribution in [2.75, 3.05) is 0 Å². The third-order valence-corrected chi connectivity index (χ3v) is 4.84. The van der Waals surface area contributed by atoms with E-state index in [1.54, 1.807) is 6.07 Å². The van der Waals surface area contributed by atoms with E-state index in [1.807, 2.05) is 0 Å². The zero-order valence-electron chi connectivity index (χ0n) is 11.4. The fraction of sp³-hybridized carbons (Fsp3) is 0.500. The Balaban J connectivity index is 1.54. The topological polar surface area (TPSA) is 81.2 Å². The number of furan rings is 1. The molecule has 0 radical (unpaired) electrons. The van der Waals surface area contributed by atoms with E-state index < -0.39 is 5.97 Å². The van der Waals surface area contributed by atoms with Gasteiger partial charge >= 0.3 is 5.97 Å². The quantitative estimate of drug-likeness (QED) is 0.826. The predicted octanol–water partition coefficient (Wildman–Crippen LogP) is 3.07. The summed E-state index contributed by atoms with van der Waals surface area (Å²) in [5.74, 6) is 1.22. The van der Waals surface area contributed by atoms with Crippen molar-refractivity contribution >= 4 is 17.7 Å². The van der Waals surface area contributed by atoms with E-state index in [9.17, 15) is 4.79 Å². The van der Waals surface area contributed by atoms with Gasteiger partial charge in [-0.2, -0.15) is 0 Å². The summed E-state index contributed by atoms with van der Waals surface area (Å²) in [6.45, 7) is 0. The fourth-order valence-corrected chi connectivity index (χ4v) is 3.45. The molecule has 2 aromatic rings. The molecule has 0 aliphatic heterocycles. The van der Waals surface area contributed by atoms with Gasteiger partial charge in [0.25, 0.3) is 0 Å². The van der Waals surface area contributed by atoms with Crippen LogP contribution < -0.4 is 0 Å². The van der Waals surface area contributed by atoms with Crippen LogP contribution in [-0.4, -0.2) is 25.8 Å². The summed E-state index contributed by atoms with van der Waals surface area (Å²) >= 11 is 1.54. The summed E-state index contributed by atoms with van der Waals surface area (Å²) in [5, 5.41) is 18.6. The molecule has 0 bridgehead atoms. The molecule has 2 aromatic heterocycles. The van der Waals surface area contributed by atoms with Gasteiger partial charge in [0.15, 0.2) is 5.16 Å². The lowest BCUT2D eigenvalue weighted by Gasteiger charge is -2.07. The van der Waals surface area contributed by atoms with Crippen LogP contribution in [0.1, 0.15) is 59.6 Å². The number of carbonyl (C=O) groups is 1. The van der Waals surface area contributed by atoms with Crippen molar-refractivity contribution in [3.8, 4) is 0 Å². The van der Waals surface area contributed by atoms with E-state index in [4.69, 9.17) is 9.52 Å². The Morgan fingerprint density at radius 3 is 2.86 bits per heavy atom. The molecule has 2 heterocycles. The molecular weight excluding hydrogens is 290 g/mol. The summed E-state index contributed by atoms with van der Waals surface area (Å²) in [6.07, 6.45) is 6.22. The van der Waals surface area contributed by atoms with Gasteiger partial charge in [0.05, 0.1) is 6.26 Å². The van der Waals surface area contributed by atoms with Crippen molar-refractivity contribution in [3.63, 3.8) is 0 Å². The van der Waals surface area contributed by atoms with Gasteiger partial charge in [-0.1, -0.05) is 11.8 Å². The van der Waals surface area contributed by atoms with Crippen LogP contribution in [0.5, 0.6) is 0 Å². The van der Waals surface area contributed by atoms with Gasteiger partial charge in [0.1, 0.15) is 5.82 Å².